The molecule has 0 aliphatic carbocycles. The number of halogens is 1. The van der Waals surface area contributed by atoms with Gasteiger partial charge in [-0.25, -0.2) is 0 Å². The summed E-state index contributed by atoms with van der Waals surface area (Å²) >= 11 is 3.42. The van der Waals surface area contributed by atoms with Gasteiger partial charge in [-0.1, -0.05) is 13.8 Å². The number of ether oxygens (including phenoxy) is 2. The Bertz CT molecular complexity index is 579. The number of hydrogen-bond acceptors (Lipinski definition) is 4. The molecule has 0 heterocycles. The fourth-order valence-electron chi connectivity index (χ4n) is 1.47. The molecule has 0 saturated carbocycles. The van der Waals surface area contributed by atoms with Crippen LogP contribution in [-0.2, 0) is 0 Å². The highest BCUT2D eigenvalue weighted by Gasteiger charge is 2.12. The molecule has 0 fully saturated rings. The van der Waals surface area contributed by atoms with E-state index in [2.05, 4.69) is 29.8 Å². The van der Waals surface area contributed by atoms with Gasteiger partial charge in [-0.15, -0.1) is 0 Å². The van der Waals surface area contributed by atoms with Crippen LogP contribution >= 0.6 is 15.9 Å². The van der Waals surface area contributed by atoms with Crippen molar-refractivity contribution in [1.29, 1.82) is 10.5 Å². The van der Waals surface area contributed by atoms with E-state index >= 15 is 0 Å². The second-order valence-corrected chi connectivity index (χ2v) is 5.37. The number of methoxy groups -OCH3 is 1. The zero-order chi connectivity index (χ0) is 15.1. The molecular weight excluding hydrogens is 320 g/mol. The van der Waals surface area contributed by atoms with Crippen molar-refractivity contribution in [2.75, 3.05) is 13.7 Å². The van der Waals surface area contributed by atoms with E-state index in [0.717, 1.165) is 4.47 Å². The molecule has 1 aromatic rings. The Labute approximate surface area is 127 Å². The van der Waals surface area contributed by atoms with E-state index in [1.165, 1.54) is 6.08 Å². The molecule has 0 atom stereocenters. The van der Waals surface area contributed by atoms with E-state index in [9.17, 15) is 0 Å². The number of rotatable bonds is 5. The van der Waals surface area contributed by atoms with Crippen LogP contribution < -0.4 is 9.47 Å². The van der Waals surface area contributed by atoms with Gasteiger partial charge in [-0.2, -0.15) is 10.5 Å². The van der Waals surface area contributed by atoms with Gasteiger partial charge in [0, 0.05) is 0 Å². The smallest absolute Gasteiger partial charge is 0.175 e. The monoisotopic (exact) mass is 334 g/mol. The molecular formula is C15H15BrN2O2. The van der Waals surface area contributed by atoms with Crippen LogP contribution in [0.15, 0.2) is 22.2 Å². The third-order valence-corrected chi connectivity index (χ3v) is 2.95. The molecule has 0 spiro atoms. The zero-order valence-electron chi connectivity index (χ0n) is 11.6. The van der Waals surface area contributed by atoms with E-state index in [-0.39, 0.29) is 5.57 Å². The van der Waals surface area contributed by atoms with Crippen molar-refractivity contribution >= 4 is 22.0 Å². The van der Waals surface area contributed by atoms with Crippen molar-refractivity contribution in [3.8, 4) is 23.6 Å². The van der Waals surface area contributed by atoms with Gasteiger partial charge >= 0.3 is 0 Å². The molecule has 1 aromatic carbocycles. The first-order valence-electron chi connectivity index (χ1n) is 6.04. The van der Waals surface area contributed by atoms with Crippen molar-refractivity contribution < 1.29 is 9.47 Å². The van der Waals surface area contributed by atoms with Gasteiger partial charge in [-0.05, 0) is 45.6 Å². The Morgan fingerprint density at radius 2 is 2.00 bits per heavy atom. The second-order valence-electron chi connectivity index (χ2n) is 4.52. The summed E-state index contributed by atoms with van der Waals surface area (Å²) in [5.41, 5.74) is 0.735. The molecule has 5 heteroatoms. The fraction of sp³-hybridized carbons (Fsp3) is 0.333. The lowest BCUT2D eigenvalue weighted by Crippen LogP contribution is -2.06. The molecule has 0 radical (unpaired) electrons. The molecule has 0 N–H and O–H groups in total. The van der Waals surface area contributed by atoms with E-state index in [4.69, 9.17) is 20.0 Å². The molecule has 20 heavy (non-hydrogen) atoms. The maximum Gasteiger partial charge on any atom is 0.175 e. The molecule has 0 saturated heterocycles. The van der Waals surface area contributed by atoms with E-state index < -0.39 is 0 Å². The summed E-state index contributed by atoms with van der Waals surface area (Å²) in [4.78, 5) is 0. The van der Waals surface area contributed by atoms with E-state index in [0.29, 0.717) is 29.6 Å². The van der Waals surface area contributed by atoms with Crippen molar-refractivity contribution in [2.45, 2.75) is 13.8 Å². The highest BCUT2D eigenvalue weighted by atomic mass is 79.9. The Balaban J connectivity index is 3.18. The van der Waals surface area contributed by atoms with Crippen LogP contribution in [0.5, 0.6) is 11.5 Å². The van der Waals surface area contributed by atoms with Crippen LogP contribution in [0.2, 0.25) is 0 Å². The average Bonchev–Trinajstić information content (AvgIpc) is 2.42. The van der Waals surface area contributed by atoms with Crippen LogP contribution in [0.1, 0.15) is 19.4 Å². The first-order chi connectivity index (χ1) is 9.51. The maximum absolute atomic E-state index is 8.77. The van der Waals surface area contributed by atoms with Crippen molar-refractivity contribution in [3.05, 3.63) is 27.7 Å². The minimum atomic E-state index is 0.0369. The molecule has 104 valence electrons. The number of nitriles is 2. The molecule has 0 aliphatic heterocycles. The lowest BCUT2D eigenvalue weighted by molar-refractivity contribution is 0.255. The van der Waals surface area contributed by atoms with Gasteiger partial charge in [0.25, 0.3) is 0 Å². The predicted octanol–water partition coefficient (Wildman–Crippen LogP) is 3.92. The highest BCUT2D eigenvalue weighted by molar-refractivity contribution is 9.10. The number of hydrogen-bond donors (Lipinski definition) is 0. The molecule has 4 nitrogen and oxygen atoms in total. The Hall–Kier alpha value is -1.98. The minimum Gasteiger partial charge on any atom is -0.493 e. The summed E-state index contributed by atoms with van der Waals surface area (Å²) in [7, 11) is 1.55. The minimum absolute atomic E-state index is 0.0369. The number of benzene rings is 1. The lowest BCUT2D eigenvalue weighted by atomic mass is 10.1. The fourth-order valence-corrected chi connectivity index (χ4v) is 2.04. The summed E-state index contributed by atoms with van der Waals surface area (Å²) in [6.45, 7) is 4.69. The number of nitrogens with zero attached hydrogens (tertiary/aromatic N) is 2. The standard InChI is InChI=1S/C15H15BrN2O2/c1-10(2)9-20-15-13(16)5-11(6-14(15)19-3)4-12(7-17)8-18/h4-6,10H,9H2,1-3H3. The Morgan fingerprint density at radius 3 is 2.50 bits per heavy atom. The Morgan fingerprint density at radius 1 is 1.35 bits per heavy atom. The van der Waals surface area contributed by atoms with Crippen LogP contribution in [0.4, 0.5) is 0 Å². The van der Waals surface area contributed by atoms with Gasteiger partial charge < -0.3 is 9.47 Å². The van der Waals surface area contributed by atoms with Crippen LogP contribution in [0.25, 0.3) is 6.08 Å². The first-order valence-corrected chi connectivity index (χ1v) is 6.83. The molecule has 1 rings (SSSR count). The number of allylic oxidation sites excluding steroid dienone is 1. The van der Waals surface area contributed by atoms with Gasteiger partial charge in [0.2, 0.25) is 0 Å². The third kappa shape index (κ3) is 4.29. The molecule has 0 bridgehead atoms. The largest absolute Gasteiger partial charge is 0.493 e. The van der Waals surface area contributed by atoms with Crippen molar-refractivity contribution in [2.24, 2.45) is 5.92 Å². The zero-order valence-corrected chi connectivity index (χ0v) is 13.2. The SMILES string of the molecule is COc1cc(C=C(C#N)C#N)cc(Br)c1OCC(C)C. The van der Waals surface area contributed by atoms with Gasteiger partial charge in [-0.3, -0.25) is 0 Å². The van der Waals surface area contributed by atoms with Crippen molar-refractivity contribution in [1.82, 2.24) is 0 Å². The van der Waals surface area contributed by atoms with Crippen molar-refractivity contribution in [3.63, 3.8) is 0 Å². The van der Waals surface area contributed by atoms with Gasteiger partial charge in [0.05, 0.1) is 18.2 Å². The summed E-state index contributed by atoms with van der Waals surface area (Å²) in [5, 5.41) is 17.5. The Kier molecular flexibility index (Phi) is 6.09. The first kappa shape index (κ1) is 16.1. The normalized spacial score (nSPS) is 9.55. The second kappa shape index (κ2) is 7.57. The van der Waals surface area contributed by atoms with Crippen LogP contribution in [0, 0.1) is 28.6 Å². The third-order valence-electron chi connectivity index (χ3n) is 2.36. The highest BCUT2D eigenvalue weighted by Crippen LogP contribution is 2.37. The van der Waals surface area contributed by atoms with Crippen LogP contribution in [0.3, 0.4) is 0 Å². The summed E-state index contributed by atoms with van der Waals surface area (Å²) in [6.07, 6.45) is 1.50. The van der Waals surface area contributed by atoms with Crippen LogP contribution in [-0.4, -0.2) is 13.7 Å². The summed E-state index contributed by atoms with van der Waals surface area (Å²) < 4.78 is 11.7. The lowest BCUT2D eigenvalue weighted by Gasteiger charge is -2.14. The average molecular weight is 335 g/mol. The molecule has 0 aliphatic rings. The molecule has 0 unspecified atom stereocenters. The van der Waals surface area contributed by atoms with E-state index in [1.807, 2.05) is 12.1 Å². The van der Waals surface area contributed by atoms with Gasteiger partial charge in [0.15, 0.2) is 11.5 Å². The molecule has 0 aromatic heterocycles. The van der Waals surface area contributed by atoms with Gasteiger partial charge in [0.1, 0.15) is 17.7 Å². The predicted molar refractivity (Wildman–Crippen MR) is 80.2 cm³/mol. The molecule has 0 amide bonds. The summed E-state index contributed by atoms with van der Waals surface area (Å²) in [6, 6.07) is 7.16. The quantitative estimate of drug-likeness (QED) is 0.765. The summed E-state index contributed by atoms with van der Waals surface area (Å²) in [5.74, 6) is 1.57. The maximum atomic E-state index is 8.77. The van der Waals surface area contributed by atoms with E-state index in [1.54, 1.807) is 19.2 Å². The topological polar surface area (TPSA) is 66.0 Å².